The molecule has 3 N–H and O–H groups in total. The molecule has 0 saturated carbocycles. The highest BCUT2D eigenvalue weighted by molar-refractivity contribution is 7.86. The molecule has 0 amide bonds. The molecule has 0 bridgehead atoms. The second-order valence-electron chi connectivity index (χ2n) is 2.18. The van der Waals surface area contributed by atoms with Gasteiger partial charge in [-0.1, -0.05) is 0 Å². The van der Waals surface area contributed by atoms with Crippen LogP contribution >= 0.6 is 0 Å². The summed E-state index contributed by atoms with van der Waals surface area (Å²) in [5.41, 5.74) is -1.33. The molecule has 80 valence electrons. The van der Waals surface area contributed by atoms with Crippen LogP contribution in [-0.2, 0) is 20.4 Å². The Bertz CT molecular complexity index is 602. The standard InChI is InChI=1S/C3H4N2O7S2/c6-3-1-2(13(7,8)9)4-5(3)14(10,11)12/h1,4H,(H,7,8,9)(H,10,11,12). The van der Waals surface area contributed by atoms with Crippen molar-refractivity contribution in [1.29, 1.82) is 0 Å². The molecule has 0 aromatic carbocycles. The lowest BCUT2D eigenvalue weighted by atomic mass is 10.7. The maximum Gasteiger partial charge on any atom is 0.380 e. The van der Waals surface area contributed by atoms with Gasteiger partial charge in [0.05, 0.1) is 0 Å². The highest BCUT2D eigenvalue weighted by Crippen LogP contribution is 2.00. The Kier molecular flexibility index (Phi) is 2.27. The van der Waals surface area contributed by atoms with E-state index in [-0.39, 0.29) is 4.09 Å². The van der Waals surface area contributed by atoms with Crippen LogP contribution in [0.2, 0.25) is 0 Å². The summed E-state index contributed by atoms with van der Waals surface area (Å²) in [5, 5.41) is 0.462. The minimum Gasteiger partial charge on any atom is -0.281 e. The topological polar surface area (TPSA) is 147 Å². The summed E-state index contributed by atoms with van der Waals surface area (Å²) in [6, 6.07) is 0.309. The highest BCUT2D eigenvalue weighted by atomic mass is 32.2. The number of nitrogens with zero attached hydrogens (tertiary/aromatic N) is 1. The van der Waals surface area contributed by atoms with Crippen molar-refractivity contribution in [3.8, 4) is 0 Å². The van der Waals surface area contributed by atoms with E-state index in [0.717, 1.165) is 0 Å². The molecule has 9 nitrogen and oxygen atoms in total. The molecule has 0 aliphatic carbocycles. The average molecular weight is 244 g/mol. The van der Waals surface area contributed by atoms with E-state index < -0.39 is 31.0 Å². The summed E-state index contributed by atoms with van der Waals surface area (Å²) in [5.74, 6) is 0. The van der Waals surface area contributed by atoms with Gasteiger partial charge in [-0.2, -0.15) is 16.8 Å². The first-order valence-corrected chi connectivity index (χ1v) is 5.73. The molecule has 0 unspecified atom stereocenters. The summed E-state index contributed by atoms with van der Waals surface area (Å²) >= 11 is 0. The van der Waals surface area contributed by atoms with Crippen molar-refractivity contribution in [2.24, 2.45) is 0 Å². The zero-order valence-corrected chi connectivity index (χ0v) is 7.91. The van der Waals surface area contributed by atoms with Gasteiger partial charge >= 0.3 is 20.4 Å². The number of hydrogen-bond acceptors (Lipinski definition) is 5. The van der Waals surface area contributed by atoms with Gasteiger partial charge in [0.2, 0.25) is 0 Å². The third kappa shape index (κ3) is 2.01. The van der Waals surface area contributed by atoms with Crippen LogP contribution in [-0.4, -0.2) is 35.1 Å². The van der Waals surface area contributed by atoms with Gasteiger partial charge in [-0.15, -0.1) is 4.09 Å². The number of nitrogens with one attached hydrogen (secondary N) is 1. The molecular formula is C3H4N2O7S2. The second kappa shape index (κ2) is 2.91. The lowest BCUT2D eigenvalue weighted by molar-refractivity contribution is 0.460. The van der Waals surface area contributed by atoms with Crippen LogP contribution in [0.25, 0.3) is 0 Å². The first-order chi connectivity index (χ1) is 6.12. The molecule has 0 radical (unpaired) electrons. The molecule has 14 heavy (non-hydrogen) atoms. The van der Waals surface area contributed by atoms with Gasteiger partial charge in [0, 0.05) is 6.07 Å². The average Bonchev–Trinajstić information content (AvgIpc) is 2.27. The zero-order chi connectivity index (χ0) is 11.1. The SMILES string of the molecule is O=c1cc(S(=O)(=O)O)[nH]n1S(=O)(=O)O. The van der Waals surface area contributed by atoms with Crippen molar-refractivity contribution in [3.63, 3.8) is 0 Å². The maximum atomic E-state index is 10.8. The fourth-order valence-electron chi connectivity index (χ4n) is 0.662. The molecule has 0 fully saturated rings. The van der Waals surface area contributed by atoms with Crippen LogP contribution < -0.4 is 5.56 Å². The van der Waals surface area contributed by atoms with Gasteiger partial charge in [-0.05, 0) is 0 Å². The molecule has 0 aliphatic heterocycles. The Hall–Kier alpha value is -1.17. The predicted octanol–water partition coefficient (Wildman–Crippen LogP) is -1.93. The van der Waals surface area contributed by atoms with Gasteiger partial charge in [-0.3, -0.25) is 19.0 Å². The summed E-state index contributed by atoms with van der Waals surface area (Å²) < 4.78 is 58.1. The Morgan fingerprint density at radius 1 is 1.21 bits per heavy atom. The molecule has 0 atom stereocenters. The van der Waals surface area contributed by atoms with Crippen LogP contribution in [0.5, 0.6) is 0 Å². The lowest BCUT2D eigenvalue weighted by Gasteiger charge is -1.94. The molecular weight excluding hydrogens is 240 g/mol. The molecule has 1 heterocycles. The number of aromatic nitrogens is 2. The van der Waals surface area contributed by atoms with Crippen LogP contribution in [0.3, 0.4) is 0 Å². The Balaban J connectivity index is 3.57. The van der Waals surface area contributed by atoms with E-state index in [4.69, 9.17) is 9.11 Å². The quantitative estimate of drug-likeness (QED) is 0.513. The zero-order valence-electron chi connectivity index (χ0n) is 6.28. The van der Waals surface area contributed by atoms with E-state index in [2.05, 4.69) is 0 Å². The minimum absolute atomic E-state index is 0.309. The smallest absolute Gasteiger partial charge is 0.281 e. The predicted molar refractivity (Wildman–Crippen MR) is 41.8 cm³/mol. The number of rotatable bonds is 2. The van der Waals surface area contributed by atoms with Crippen molar-refractivity contribution in [1.82, 2.24) is 9.19 Å². The highest BCUT2D eigenvalue weighted by Gasteiger charge is 2.19. The Labute approximate surface area is 77.6 Å². The van der Waals surface area contributed by atoms with Crippen LogP contribution in [0, 0.1) is 0 Å². The monoisotopic (exact) mass is 244 g/mol. The minimum atomic E-state index is -4.90. The molecule has 1 aromatic rings. The normalized spacial score (nSPS) is 13.0. The third-order valence-electron chi connectivity index (χ3n) is 1.18. The fourth-order valence-corrected chi connectivity index (χ4v) is 1.67. The van der Waals surface area contributed by atoms with E-state index in [1.165, 1.54) is 5.10 Å². The van der Waals surface area contributed by atoms with Gasteiger partial charge < -0.3 is 0 Å². The molecule has 11 heteroatoms. The van der Waals surface area contributed by atoms with Crippen molar-refractivity contribution in [2.45, 2.75) is 5.03 Å². The van der Waals surface area contributed by atoms with Crippen LogP contribution in [0.1, 0.15) is 0 Å². The second-order valence-corrected chi connectivity index (χ2v) is 4.83. The maximum absolute atomic E-state index is 10.8. The number of H-pyrrole nitrogens is 1. The first-order valence-electron chi connectivity index (χ1n) is 2.90. The fraction of sp³-hybridized carbons (Fsp3) is 0. The molecule has 1 aromatic heterocycles. The molecule has 0 saturated heterocycles. The van der Waals surface area contributed by atoms with Crippen LogP contribution in [0.4, 0.5) is 0 Å². The molecule has 0 aliphatic rings. The summed E-state index contributed by atoms with van der Waals surface area (Å²) in [7, 11) is -9.62. The molecule has 0 spiro atoms. The summed E-state index contributed by atoms with van der Waals surface area (Å²) in [6.45, 7) is 0. The third-order valence-corrected chi connectivity index (χ3v) is 2.67. The Morgan fingerprint density at radius 3 is 1.93 bits per heavy atom. The lowest BCUT2D eigenvalue weighted by Crippen LogP contribution is -2.24. The Morgan fingerprint density at radius 2 is 1.71 bits per heavy atom. The van der Waals surface area contributed by atoms with Crippen molar-refractivity contribution >= 4 is 20.4 Å². The number of hydrogen-bond donors (Lipinski definition) is 3. The van der Waals surface area contributed by atoms with E-state index in [0.29, 0.717) is 6.07 Å². The van der Waals surface area contributed by atoms with E-state index >= 15 is 0 Å². The van der Waals surface area contributed by atoms with Crippen molar-refractivity contribution < 1.29 is 25.9 Å². The largest absolute Gasteiger partial charge is 0.380 e. The summed E-state index contributed by atoms with van der Waals surface area (Å²) in [6.07, 6.45) is 0. The van der Waals surface area contributed by atoms with Gasteiger partial charge in [0.25, 0.3) is 5.56 Å². The van der Waals surface area contributed by atoms with Gasteiger partial charge in [-0.25, -0.2) is 0 Å². The van der Waals surface area contributed by atoms with Gasteiger partial charge in [0.1, 0.15) is 0 Å². The van der Waals surface area contributed by atoms with E-state index in [1.54, 1.807) is 0 Å². The van der Waals surface area contributed by atoms with Crippen molar-refractivity contribution in [2.75, 3.05) is 0 Å². The molecule has 1 rings (SSSR count). The first kappa shape index (κ1) is 10.9. The van der Waals surface area contributed by atoms with Crippen molar-refractivity contribution in [3.05, 3.63) is 16.4 Å². The number of aromatic amines is 1. The summed E-state index contributed by atoms with van der Waals surface area (Å²) in [4.78, 5) is 10.8. The van der Waals surface area contributed by atoms with E-state index in [1.807, 2.05) is 0 Å². The van der Waals surface area contributed by atoms with E-state index in [9.17, 15) is 21.6 Å². The van der Waals surface area contributed by atoms with Crippen LogP contribution in [0.15, 0.2) is 15.9 Å². The van der Waals surface area contributed by atoms with Gasteiger partial charge in [0.15, 0.2) is 5.03 Å².